The highest BCUT2D eigenvalue weighted by atomic mass is 32.1. The zero-order chi connectivity index (χ0) is 20.5. The summed E-state index contributed by atoms with van der Waals surface area (Å²) >= 11 is 1.59. The fourth-order valence-electron chi connectivity index (χ4n) is 2.63. The molecule has 2 N–H and O–H groups in total. The van der Waals surface area contributed by atoms with Gasteiger partial charge in [-0.15, -0.1) is 0 Å². The van der Waals surface area contributed by atoms with Crippen molar-refractivity contribution in [1.82, 2.24) is 15.0 Å². The van der Waals surface area contributed by atoms with Crippen LogP contribution in [0.2, 0.25) is 0 Å². The van der Waals surface area contributed by atoms with E-state index in [2.05, 4.69) is 32.7 Å². The molecule has 29 heavy (non-hydrogen) atoms. The van der Waals surface area contributed by atoms with E-state index in [-0.39, 0.29) is 0 Å². The van der Waals surface area contributed by atoms with Crippen molar-refractivity contribution in [2.75, 3.05) is 10.6 Å². The first kappa shape index (κ1) is 20.5. The molecular weight excluding hydrogens is 378 g/mol. The first-order valence-electron chi connectivity index (χ1n) is 9.67. The molecule has 0 atom stereocenters. The van der Waals surface area contributed by atoms with Crippen LogP contribution < -0.4 is 10.6 Å². The monoisotopic (exact) mass is 403 g/mol. The number of benzene rings is 1. The van der Waals surface area contributed by atoms with Gasteiger partial charge in [0.05, 0.1) is 10.6 Å². The Labute approximate surface area is 175 Å². The van der Waals surface area contributed by atoms with Crippen molar-refractivity contribution >= 4 is 28.1 Å². The molecule has 0 bridgehead atoms. The van der Waals surface area contributed by atoms with Gasteiger partial charge < -0.3 is 10.6 Å². The van der Waals surface area contributed by atoms with Crippen LogP contribution in [0.1, 0.15) is 25.0 Å². The van der Waals surface area contributed by atoms with Crippen molar-refractivity contribution in [1.29, 1.82) is 0 Å². The number of nitrogens with one attached hydrogen (secondary N) is 2. The number of aromatic nitrogens is 3. The minimum absolute atomic E-state index is 0.752. The Bertz CT molecular complexity index is 1030. The van der Waals surface area contributed by atoms with Gasteiger partial charge in [-0.2, -0.15) is 0 Å². The quantitative estimate of drug-likeness (QED) is 0.396. The van der Waals surface area contributed by atoms with Gasteiger partial charge in [-0.1, -0.05) is 61.6 Å². The molecule has 3 aromatic heterocycles. The summed E-state index contributed by atoms with van der Waals surface area (Å²) in [7, 11) is 0. The SMILES string of the molecule is CC.Cc1ccnc(Nc2cccc(-c3cnc(NCc4ccccc4)s3)n2)c1. The maximum absolute atomic E-state index is 4.69. The lowest BCUT2D eigenvalue weighted by Crippen LogP contribution is -1.97. The standard InChI is InChI=1S/C21H19N5S.C2H6/c1-15-10-11-22-20(12-15)26-19-9-5-8-17(25-19)18-14-24-21(27-18)23-13-16-6-3-2-4-7-16;1-2/h2-12,14H,13H2,1H3,(H,23,24)(H,22,25,26);1-2H3. The molecule has 0 aliphatic rings. The van der Waals surface area contributed by atoms with E-state index in [1.54, 1.807) is 17.5 Å². The Balaban J connectivity index is 0.00000117. The molecule has 148 valence electrons. The number of anilines is 3. The van der Waals surface area contributed by atoms with Crippen LogP contribution in [0.3, 0.4) is 0 Å². The molecule has 0 aliphatic heterocycles. The molecule has 0 saturated carbocycles. The smallest absolute Gasteiger partial charge is 0.183 e. The summed E-state index contributed by atoms with van der Waals surface area (Å²) in [6.45, 7) is 6.79. The van der Waals surface area contributed by atoms with Crippen LogP contribution in [0, 0.1) is 6.92 Å². The van der Waals surface area contributed by atoms with Gasteiger partial charge >= 0.3 is 0 Å². The van der Waals surface area contributed by atoms with E-state index in [0.29, 0.717) is 0 Å². The first-order valence-corrected chi connectivity index (χ1v) is 10.5. The van der Waals surface area contributed by atoms with Gasteiger partial charge in [-0.25, -0.2) is 15.0 Å². The van der Waals surface area contributed by atoms with Crippen LogP contribution in [-0.2, 0) is 6.54 Å². The molecule has 0 unspecified atom stereocenters. The van der Waals surface area contributed by atoms with Gasteiger partial charge in [0.25, 0.3) is 0 Å². The summed E-state index contributed by atoms with van der Waals surface area (Å²) in [6, 6.07) is 20.2. The van der Waals surface area contributed by atoms with Gasteiger partial charge in [-0.05, 0) is 42.3 Å². The van der Waals surface area contributed by atoms with Gasteiger partial charge in [0.1, 0.15) is 11.6 Å². The van der Waals surface area contributed by atoms with Crippen molar-refractivity contribution in [3.8, 4) is 10.6 Å². The normalized spacial score (nSPS) is 10.0. The molecule has 4 aromatic rings. The Hall–Kier alpha value is -3.25. The minimum atomic E-state index is 0.752. The van der Waals surface area contributed by atoms with E-state index in [1.165, 1.54) is 5.56 Å². The van der Waals surface area contributed by atoms with Crippen molar-refractivity contribution in [2.24, 2.45) is 0 Å². The van der Waals surface area contributed by atoms with E-state index < -0.39 is 0 Å². The Morgan fingerprint density at radius 3 is 2.52 bits per heavy atom. The van der Waals surface area contributed by atoms with Crippen molar-refractivity contribution in [3.05, 3.63) is 84.2 Å². The molecule has 4 rings (SSSR count). The fourth-order valence-corrected chi connectivity index (χ4v) is 3.41. The lowest BCUT2D eigenvalue weighted by atomic mass is 10.2. The number of pyridine rings is 2. The second-order valence-electron chi connectivity index (χ2n) is 6.12. The highest BCUT2D eigenvalue weighted by Crippen LogP contribution is 2.29. The minimum Gasteiger partial charge on any atom is -0.357 e. The summed E-state index contributed by atoms with van der Waals surface area (Å²) in [4.78, 5) is 14.5. The van der Waals surface area contributed by atoms with Gasteiger partial charge in [0.2, 0.25) is 0 Å². The van der Waals surface area contributed by atoms with Crippen LogP contribution in [0.4, 0.5) is 16.8 Å². The fraction of sp³-hybridized carbons (Fsp3) is 0.174. The first-order chi connectivity index (χ1) is 14.3. The molecule has 6 heteroatoms. The molecule has 0 saturated heterocycles. The van der Waals surface area contributed by atoms with E-state index in [9.17, 15) is 0 Å². The number of rotatable bonds is 6. The molecule has 0 fully saturated rings. The van der Waals surface area contributed by atoms with Crippen LogP contribution in [0.15, 0.2) is 73.1 Å². The molecule has 1 aromatic carbocycles. The van der Waals surface area contributed by atoms with Gasteiger partial charge in [0.15, 0.2) is 5.13 Å². The summed E-state index contributed by atoms with van der Waals surface area (Å²) in [6.07, 6.45) is 3.64. The highest BCUT2D eigenvalue weighted by Gasteiger charge is 2.07. The van der Waals surface area contributed by atoms with Crippen LogP contribution >= 0.6 is 11.3 Å². The van der Waals surface area contributed by atoms with E-state index in [4.69, 9.17) is 4.98 Å². The maximum Gasteiger partial charge on any atom is 0.183 e. The Kier molecular flexibility index (Phi) is 7.30. The van der Waals surface area contributed by atoms with Gasteiger partial charge in [0, 0.05) is 18.9 Å². The molecule has 0 amide bonds. The predicted molar refractivity (Wildman–Crippen MR) is 123 cm³/mol. The highest BCUT2D eigenvalue weighted by molar-refractivity contribution is 7.18. The Morgan fingerprint density at radius 2 is 1.72 bits per heavy atom. The van der Waals surface area contributed by atoms with E-state index in [1.807, 2.05) is 75.5 Å². The number of nitrogens with zero attached hydrogens (tertiary/aromatic N) is 3. The molecular formula is C23H25N5S. The lowest BCUT2D eigenvalue weighted by Gasteiger charge is -2.06. The molecule has 0 radical (unpaired) electrons. The largest absolute Gasteiger partial charge is 0.357 e. The zero-order valence-corrected chi connectivity index (χ0v) is 17.7. The van der Waals surface area contributed by atoms with E-state index >= 15 is 0 Å². The third-order valence-corrected chi connectivity index (χ3v) is 4.94. The molecule has 0 spiro atoms. The maximum atomic E-state index is 4.69. The van der Waals surface area contributed by atoms with Gasteiger partial charge in [-0.3, -0.25) is 0 Å². The topological polar surface area (TPSA) is 62.7 Å². The molecule has 5 nitrogen and oxygen atoms in total. The number of aryl methyl sites for hydroxylation is 1. The third kappa shape index (κ3) is 5.86. The predicted octanol–water partition coefficient (Wildman–Crippen LogP) is 6.29. The summed E-state index contributed by atoms with van der Waals surface area (Å²) < 4.78 is 0. The zero-order valence-electron chi connectivity index (χ0n) is 16.9. The van der Waals surface area contributed by atoms with E-state index in [0.717, 1.165) is 39.4 Å². The summed E-state index contributed by atoms with van der Waals surface area (Å²) in [5.41, 5.74) is 3.27. The molecule has 0 aliphatic carbocycles. The number of thiazole rings is 1. The van der Waals surface area contributed by atoms with Crippen molar-refractivity contribution < 1.29 is 0 Å². The average Bonchev–Trinajstić information content (AvgIpc) is 3.24. The average molecular weight is 404 g/mol. The van der Waals surface area contributed by atoms with Crippen LogP contribution in [0.5, 0.6) is 0 Å². The summed E-state index contributed by atoms with van der Waals surface area (Å²) in [5.74, 6) is 1.55. The second kappa shape index (κ2) is 10.3. The van der Waals surface area contributed by atoms with Crippen LogP contribution in [0.25, 0.3) is 10.6 Å². The number of hydrogen-bond donors (Lipinski definition) is 2. The second-order valence-corrected chi connectivity index (χ2v) is 7.15. The number of hydrogen-bond acceptors (Lipinski definition) is 6. The lowest BCUT2D eigenvalue weighted by molar-refractivity contribution is 1.13. The summed E-state index contributed by atoms with van der Waals surface area (Å²) in [5, 5.41) is 7.50. The third-order valence-electron chi connectivity index (χ3n) is 3.97. The molecule has 3 heterocycles. The van der Waals surface area contributed by atoms with Crippen molar-refractivity contribution in [3.63, 3.8) is 0 Å². The van der Waals surface area contributed by atoms with Crippen LogP contribution in [-0.4, -0.2) is 15.0 Å². The van der Waals surface area contributed by atoms with Crippen molar-refractivity contribution in [2.45, 2.75) is 27.3 Å². The Morgan fingerprint density at radius 1 is 0.897 bits per heavy atom.